The van der Waals surface area contributed by atoms with Crippen LogP contribution in [0.3, 0.4) is 0 Å². The number of aliphatic carboxylic acids is 1. The quantitative estimate of drug-likeness (QED) is 0.754. The van der Waals surface area contributed by atoms with Crippen LogP contribution in [0, 0.1) is 5.92 Å². The number of carbonyl (C=O) groups is 1. The molecule has 0 aliphatic carbocycles. The number of carboxylic acids is 1. The van der Waals surface area contributed by atoms with Gasteiger partial charge in [-0.2, -0.15) is 0 Å². The Kier molecular flexibility index (Phi) is 4.32. The van der Waals surface area contributed by atoms with Gasteiger partial charge in [-0.1, -0.05) is 13.8 Å². The van der Waals surface area contributed by atoms with Gasteiger partial charge in [-0.15, -0.1) is 0 Å². The Hall–Kier alpha value is -0.620. The van der Waals surface area contributed by atoms with Crippen LogP contribution in [-0.4, -0.2) is 55.0 Å². The van der Waals surface area contributed by atoms with Crippen molar-refractivity contribution in [1.29, 1.82) is 0 Å². The van der Waals surface area contributed by atoms with Gasteiger partial charge in [0.2, 0.25) is 0 Å². The van der Waals surface area contributed by atoms with Gasteiger partial charge >= 0.3 is 5.97 Å². The summed E-state index contributed by atoms with van der Waals surface area (Å²) in [5.74, 6) is -0.272. The first-order valence-electron chi connectivity index (χ1n) is 5.46. The lowest BCUT2D eigenvalue weighted by molar-refractivity contribution is -0.138. The summed E-state index contributed by atoms with van der Waals surface area (Å²) in [6.45, 7) is 4.56. The SMILES string of the molecule is CC(C)CN(CC(=O)O)C1CCS(=O)(=O)C1. The maximum atomic E-state index is 11.3. The lowest BCUT2D eigenvalue weighted by Gasteiger charge is -2.27. The molecule has 94 valence electrons. The van der Waals surface area contributed by atoms with Crippen molar-refractivity contribution in [3.63, 3.8) is 0 Å². The summed E-state index contributed by atoms with van der Waals surface area (Å²) in [5.41, 5.74) is 0. The van der Waals surface area contributed by atoms with Crippen molar-refractivity contribution in [1.82, 2.24) is 4.90 Å². The summed E-state index contributed by atoms with van der Waals surface area (Å²) in [5, 5.41) is 8.80. The molecule has 0 spiro atoms. The molecule has 1 unspecified atom stereocenters. The number of carboxylic acid groups (broad SMARTS) is 1. The summed E-state index contributed by atoms with van der Waals surface area (Å²) in [4.78, 5) is 12.5. The second-order valence-corrected chi connectivity index (χ2v) is 7.00. The van der Waals surface area contributed by atoms with Crippen LogP contribution in [0.4, 0.5) is 0 Å². The van der Waals surface area contributed by atoms with E-state index in [0.29, 0.717) is 18.9 Å². The predicted octanol–water partition coefficient (Wildman–Crippen LogP) is 0.216. The van der Waals surface area contributed by atoms with Gasteiger partial charge in [0.25, 0.3) is 0 Å². The minimum absolute atomic E-state index is 0.0711. The van der Waals surface area contributed by atoms with Gasteiger partial charge in [-0.3, -0.25) is 9.69 Å². The van der Waals surface area contributed by atoms with Gasteiger partial charge in [0.15, 0.2) is 9.84 Å². The molecule has 5 nitrogen and oxygen atoms in total. The molecule has 1 atom stereocenters. The Morgan fingerprint density at radius 1 is 1.50 bits per heavy atom. The summed E-state index contributed by atoms with van der Waals surface area (Å²) in [7, 11) is -2.95. The molecule has 0 aromatic carbocycles. The van der Waals surface area contributed by atoms with E-state index in [0.717, 1.165) is 0 Å². The first-order valence-corrected chi connectivity index (χ1v) is 7.28. The van der Waals surface area contributed by atoms with Gasteiger partial charge in [-0.05, 0) is 12.3 Å². The highest BCUT2D eigenvalue weighted by Crippen LogP contribution is 2.18. The monoisotopic (exact) mass is 249 g/mol. The number of hydrogen-bond acceptors (Lipinski definition) is 4. The van der Waals surface area contributed by atoms with Gasteiger partial charge in [0.05, 0.1) is 18.1 Å². The molecule has 0 aromatic rings. The lowest BCUT2D eigenvalue weighted by atomic mass is 10.1. The second-order valence-electron chi connectivity index (χ2n) is 4.77. The van der Waals surface area contributed by atoms with Crippen molar-refractivity contribution >= 4 is 15.8 Å². The van der Waals surface area contributed by atoms with Gasteiger partial charge in [0.1, 0.15) is 0 Å². The molecule has 1 saturated heterocycles. The van der Waals surface area contributed by atoms with E-state index in [9.17, 15) is 13.2 Å². The lowest BCUT2D eigenvalue weighted by Crippen LogP contribution is -2.42. The van der Waals surface area contributed by atoms with Crippen molar-refractivity contribution < 1.29 is 18.3 Å². The average Bonchev–Trinajstić information content (AvgIpc) is 2.43. The van der Waals surface area contributed by atoms with E-state index < -0.39 is 15.8 Å². The van der Waals surface area contributed by atoms with E-state index in [1.807, 2.05) is 13.8 Å². The molecule has 0 amide bonds. The van der Waals surface area contributed by atoms with Crippen LogP contribution in [0.15, 0.2) is 0 Å². The van der Waals surface area contributed by atoms with E-state index in [1.54, 1.807) is 4.90 Å². The standard InChI is InChI=1S/C10H19NO4S/c1-8(2)5-11(6-10(12)13)9-3-4-16(14,15)7-9/h8-9H,3-7H2,1-2H3,(H,12,13). The third kappa shape index (κ3) is 4.09. The first kappa shape index (κ1) is 13.4. The van der Waals surface area contributed by atoms with Crippen LogP contribution >= 0.6 is 0 Å². The minimum atomic E-state index is -2.95. The smallest absolute Gasteiger partial charge is 0.317 e. The molecule has 0 saturated carbocycles. The fraction of sp³-hybridized carbons (Fsp3) is 0.900. The highest BCUT2D eigenvalue weighted by molar-refractivity contribution is 7.91. The molecule has 0 aromatic heterocycles. The average molecular weight is 249 g/mol. The molecular weight excluding hydrogens is 230 g/mol. The highest BCUT2D eigenvalue weighted by atomic mass is 32.2. The molecule has 1 aliphatic heterocycles. The van der Waals surface area contributed by atoms with Gasteiger partial charge in [-0.25, -0.2) is 8.42 Å². The third-order valence-electron chi connectivity index (χ3n) is 2.66. The molecule has 0 radical (unpaired) electrons. The van der Waals surface area contributed by atoms with Crippen LogP contribution in [0.2, 0.25) is 0 Å². The third-order valence-corrected chi connectivity index (χ3v) is 4.41. The Balaban J connectivity index is 2.66. The summed E-state index contributed by atoms with van der Waals surface area (Å²) >= 11 is 0. The Labute approximate surface area is 96.4 Å². The Morgan fingerprint density at radius 2 is 2.12 bits per heavy atom. The van der Waals surface area contributed by atoms with Crippen molar-refractivity contribution in [2.45, 2.75) is 26.3 Å². The highest BCUT2D eigenvalue weighted by Gasteiger charge is 2.33. The molecule has 16 heavy (non-hydrogen) atoms. The Morgan fingerprint density at radius 3 is 2.50 bits per heavy atom. The summed E-state index contributed by atoms with van der Waals surface area (Å²) < 4.78 is 22.7. The van der Waals surface area contributed by atoms with Crippen LogP contribution in [0.5, 0.6) is 0 Å². The predicted molar refractivity (Wildman–Crippen MR) is 61.1 cm³/mol. The van der Waals surface area contributed by atoms with Crippen LogP contribution in [0.25, 0.3) is 0 Å². The van der Waals surface area contributed by atoms with E-state index in [4.69, 9.17) is 5.11 Å². The molecular formula is C10H19NO4S. The second kappa shape index (κ2) is 5.14. The number of sulfone groups is 1. The molecule has 1 rings (SSSR count). The number of nitrogens with zero attached hydrogens (tertiary/aromatic N) is 1. The molecule has 1 aliphatic rings. The fourth-order valence-corrected chi connectivity index (χ4v) is 3.81. The van der Waals surface area contributed by atoms with E-state index >= 15 is 0 Å². The zero-order valence-corrected chi connectivity index (χ0v) is 10.5. The number of rotatable bonds is 5. The molecule has 1 heterocycles. The topological polar surface area (TPSA) is 74.7 Å². The number of hydrogen-bond donors (Lipinski definition) is 1. The van der Waals surface area contributed by atoms with Crippen LogP contribution in [0.1, 0.15) is 20.3 Å². The van der Waals surface area contributed by atoms with Crippen molar-refractivity contribution in [2.75, 3.05) is 24.6 Å². The summed E-state index contributed by atoms with van der Waals surface area (Å²) in [6.07, 6.45) is 0.558. The van der Waals surface area contributed by atoms with Gasteiger partial charge < -0.3 is 5.11 Å². The molecule has 6 heteroatoms. The van der Waals surface area contributed by atoms with Crippen molar-refractivity contribution in [2.24, 2.45) is 5.92 Å². The van der Waals surface area contributed by atoms with Crippen molar-refractivity contribution in [3.8, 4) is 0 Å². The van der Waals surface area contributed by atoms with E-state index in [2.05, 4.69) is 0 Å². The Bertz CT molecular complexity index is 350. The maximum Gasteiger partial charge on any atom is 0.317 e. The first-order chi connectivity index (χ1) is 7.30. The normalized spacial score (nSPS) is 24.1. The summed E-state index contributed by atoms with van der Waals surface area (Å²) in [6, 6.07) is -0.122. The zero-order valence-electron chi connectivity index (χ0n) is 9.72. The minimum Gasteiger partial charge on any atom is -0.480 e. The maximum absolute atomic E-state index is 11.3. The fourth-order valence-electron chi connectivity index (χ4n) is 2.05. The molecule has 0 bridgehead atoms. The van der Waals surface area contributed by atoms with Crippen LogP contribution < -0.4 is 0 Å². The van der Waals surface area contributed by atoms with Crippen molar-refractivity contribution in [3.05, 3.63) is 0 Å². The van der Waals surface area contributed by atoms with E-state index in [1.165, 1.54) is 0 Å². The molecule has 1 fully saturated rings. The van der Waals surface area contributed by atoms with Crippen LogP contribution in [-0.2, 0) is 14.6 Å². The zero-order chi connectivity index (χ0) is 12.3. The largest absolute Gasteiger partial charge is 0.480 e. The molecule has 1 N–H and O–H groups in total. The van der Waals surface area contributed by atoms with E-state index in [-0.39, 0.29) is 24.1 Å². The van der Waals surface area contributed by atoms with Gasteiger partial charge in [0, 0.05) is 12.6 Å².